The average molecular weight is 141 g/mol. The molecule has 0 radical (unpaired) electrons. The molecule has 10 heavy (non-hydrogen) atoms. The molecule has 0 aromatic heterocycles. The Balaban J connectivity index is 2.14. The number of nitrogens with zero attached hydrogens (tertiary/aromatic N) is 2. The minimum Gasteiger partial charge on any atom is -0.362 e. The van der Waals surface area contributed by atoms with Crippen LogP contribution in [0.2, 0.25) is 0 Å². The molecule has 0 aromatic carbocycles. The number of likely N-dealkylation sites (N-methyl/N-ethyl adjacent to an activating group) is 1. The summed E-state index contributed by atoms with van der Waals surface area (Å²) in [6.45, 7) is 3.18. The predicted molar refractivity (Wildman–Crippen MR) is 42.4 cm³/mol. The minimum atomic E-state index is 1.03. The van der Waals surface area contributed by atoms with Gasteiger partial charge in [-0.2, -0.15) is 0 Å². The number of nitrogens with one attached hydrogen (secondary N) is 1. The first-order valence-electron chi connectivity index (χ1n) is 3.60. The molecule has 58 valence electrons. The summed E-state index contributed by atoms with van der Waals surface area (Å²) in [5.41, 5.74) is 0. The van der Waals surface area contributed by atoms with E-state index < -0.39 is 0 Å². The summed E-state index contributed by atoms with van der Waals surface area (Å²) < 4.78 is 0. The summed E-state index contributed by atoms with van der Waals surface area (Å²) in [4.78, 5) is 4.44. The van der Waals surface area contributed by atoms with Gasteiger partial charge in [-0.3, -0.25) is 0 Å². The first-order valence-corrected chi connectivity index (χ1v) is 3.60. The SMILES string of the molecule is CNCCN1C=CN(C)C1. The molecule has 0 aliphatic carbocycles. The van der Waals surface area contributed by atoms with Crippen LogP contribution in [0.4, 0.5) is 0 Å². The van der Waals surface area contributed by atoms with Crippen molar-refractivity contribution < 1.29 is 0 Å². The van der Waals surface area contributed by atoms with Gasteiger partial charge in [0.15, 0.2) is 0 Å². The molecule has 1 rings (SSSR count). The first kappa shape index (κ1) is 7.41. The maximum atomic E-state index is 3.12. The first-order chi connectivity index (χ1) is 4.83. The maximum absolute atomic E-state index is 3.12. The van der Waals surface area contributed by atoms with Crippen molar-refractivity contribution in [2.24, 2.45) is 0 Å². The summed E-state index contributed by atoms with van der Waals surface area (Å²) in [6, 6.07) is 0. The molecule has 0 atom stereocenters. The summed E-state index contributed by atoms with van der Waals surface area (Å²) in [6.07, 6.45) is 4.22. The van der Waals surface area contributed by atoms with Crippen molar-refractivity contribution >= 4 is 0 Å². The van der Waals surface area contributed by atoms with Crippen molar-refractivity contribution in [1.29, 1.82) is 0 Å². The van der Waals surface area contributed by atoms with Crippen LogP contribution in [-0.2, 0) is 0 Å². The summed E-state index contributed by atoms with van der Waals surface area (Å²) in [5.74, 6) is 0. The van der Waals surface area contributed by atoms with Gasteiger partial charge < -0.3 is 15.1 Å². The highest BCUT2D eigenvalue weighted by atomic mass is 15.3. The molecule has 0 saturated carbocycles. The molecule has 0 fully saturated rings. The lowest BCUT2D eigenvalue weighted by Gasteiger charge is -2.17. The molecule has 1 aliphatic heterocycles. The normalized spacial score (nSPS) is 17.0. The van der Waals surface area contributed by atoms with Crippen LogP contribution < -0.4 is 5.32 Å². The Labute approximate surface area is 62.3 Å². The average Bonchev–Trinajstić information content (AvgIpc) is 2.31. The van der Waals surface area contributed by atoms with Crippen LogP contribution in [0.5, 0.6) is 0 Å². The molecule has 3 heteroatoms. The highest BCUT2D eigenvalue weighted by Gasteiger charge is 2.05. The standard InChI is InChI=1S/C7H15N3/c1-8-3-4-10-6-5-9(2)7-10/h5-6,8H,3-4,7H2,1-2H3. The van der Waals surface area contributed by atoms with Crippen LogP contribution in [0.3, 0.4) is 0 Å². The lowest BCUT2D eigenvalue weighted by molar-refractivity contribution is 0.298. The van der Waals surface area contributed by atoms with Gasteiger partial charge in [0.1, 0.15) is 0 Å². The van der Waals surface area contributed by atoms with Gasteiger partial charge in [0, 0.05) is 32.5 Å². The second-order valence-corrected chi connectivity index (χ2v) is 2.61. The quantitative estimate of drug-likeness (QED) is 0.591. The molecule has 0 bridgehead atoms. The smallest absolute Gasteiger partial charge is 0.0891 e. The van der Waals surface area contributed by atoms with Gasteiger partial charge in [0.25, 0.3) is 0 Å². The molecular formula is C7H15N3. The monoisotopic (exact) mass is 141 g/mol. The fourth-order valence-corrected chi connectivity index (χ4v) is 0.990. The topological polar surface area (TPSA) is 18.5 Å². The van der Waals surface area contributed by atoms with E-state index in [1.807, 2.05) is 7.05 Å². The van der Waals surface area contributed by atoms with E-state index in [1.165, 1.54) is 0 Å². The Morgan fingerprint density at radius 3 is 2.80 bits per heavy atom. The summed E-state index contributed by atoms with van der Waals surface area (Å²) in [5, 5.41) is 3.12. The van der Waals surface area contributed by atoms with Crippen LogP contribution in [0.15, 0.2) is 12.4 Å². The minimum absolute atomic E-state index is 1.03. The predicted octanol–water partition coefficient (Wildman–Crippen LogP) is -0.118. The molecule has 0 aromatic rings. The van der Waals surface area contributed by atoms with Crippen LogP contribution in [0, 0.1) is 0 Å². The third-order valence-electron chi connectivity index (χ3n) is 1.59. The van der Waals surface area contributed by atoms with Gasteiger partial charge in [-0.05, 0) is 7.05 Å². The van der Waals surface area contributed by atoms with Crippen molar-refractivity contribution in [2.75, 3.05) is 33.9 Å². The Hall–Kier alpha value is -0.700. The maximum Gasteiger partial charge on any atom is 0.0891 e. The highest BCUT2D eigenvalue weighted by molar-refractivity contribution is 4.88. The number of hydrogen-bond donors (Lipinski definition) is 1. The van der Waals surface area contributed by atoms with E-state index in [1.54, 1.807) is 0 Å². The van der Waals surface area contributed by atoms with E-state index in [0.29, 0.717) is 0 Å². The van der Waals surface area contributed by atoms with Gasteiger partial charge >= 0.3 is 0 Å². The third-order valence-corrected chi connectivity index (χ3v) is 1.59. The molecule has 3 nitrogen and oxygen atoms in total. The molecule has 0 spiro atoms. The van der Waals surface area contributed by atoms with Gasteiger partial charge in [-0.15, -0.1) is 0 Å². The van der Waals surface area contributed by atoms with Gasteiger partial charge in [0.05, 0.1) is 6.67 Å². The van der Waals surface area contributed by atoms with Crippen molar-refractivity contribution in [3.05, 3.63) is 12.4 Å². The van der Waals surface area contributed by atoms with E-state index in [4.69, 9.17) is 0 Å². The van der Waals surface area contributed by atoms with Crippen LogP contribution in [0.25, 0.3) is 0 Å². The van der Waals surface area contributed by atoms with E-state index in [-0.39, 0.29) is 0 Å². The molecule has 0 amide bonds. The van der Waals surface area contributed by atoms with E-state index in [9.17, 15) is 0 Å². The van der Waals surface area contributed by atoms with Crippen molar-refractivity contribution in [2.45, 2.75) is 0 Å². The van der Waals surface area contributed by atoms with Gasteiger partial charge in [-0.25, -0.2) is 0 Å². The Kier molecular flexibility index (Phi) is 2.57. The molecular weight excluding hydrogens is 126 g/mol. The Bertz CT molecular complexity index is 122. The van der Waals surface area contributed by atoms with Crippen LogP contribution >= 0.6 is 0 Å². The number of rotatable bonds is 3. The fourth-order valence-electron chi connectivity index (χ4n) is 0.990. The lowest BCUT2D eigenvalue weighted by Crippen LogP contribution is -2.28. The summed E-state index contributed by atoms with van der Waals surface area (Å²) >= 11 is 0. The fraction of sp³-hybridized carbons (Fsp3) is 0.714. The zero-order valence-electron chi connectivity index (χ0n) is 6.67. The van der Waals surface area contributed by atoms with Crippen molar-refractivity contribution in [1.82, 2.24) is 15.1 Å². The van der Waals surface area contributed by atoms with E-state index in [0.717, 1.165) is 19.8 Å². The van der Waals surface area contributed by atoms with Crippen molar-refractivity contribution in [3.8, 4) is 0 Å². The molecule has 0 unspecified atom stereocenters. The molecule has 1 N–H and O–H groups in total. The number of hydrogen-bond acceptors (Lipinski definition) is 3. The molecule has 0 saturated heterocycles. The van der Waals surface area contributed by atoms with Gasteiger partial charge in [-0.1, -0.05) is 0 Å². The van der Waals surface area contributed by atoms with Crippen LogP contribution in [-0.4, -0.2) is 43.7 Å². The van der Waals surface area contributed by atoms with Crippen molar-refractivity contribution in [3.63, 3.8) is 0 Å². The zero-order chi connectivity index (χ0) is 7.40. The Morgan fingerprint density at radius 2 is 2.30 bits per heavy atom. The van der Waals surface area contributed by atoms with E-state index in [2.05, 4.69) is 34.6 Å². The highest BCUT2D eigenvalue weighted by Crippen LogP contribution is 2.01. The van der Waals surface area contributed by atoms with Crippen LogP contribution in [0.1, 0.15) is 0 Å². The Morgan fingerprint density at radius 1 is 1.50 bits per heavy atom. The third kappa shape index (κ3) is 1.92. The molecule has 1 aliphatic rings. The van der Waals surface area contributed by atoms with E-state index >= 15 is 0 Å². The second-order valence-electron chi connectivity index (χ2n) is 2.61. The second kappa shape index (κ2) is 3.46. The largest absolute Gasteiger partial charge is 0.362 e. The van der Waals surface area contributed by atoms with Gasteiger partial charge in [0.2, 0.25) is 0 Å². The zero-order valence-corrected chi connectivity index (χ0v) is 6.67. The molecule has 1 heterocycles. The lowest BCUT2D eigenvalue weighted by atomic mass is 10.6. The summed E-state index contributed by atoms with van der Waals surface area (Å²) in [7, 11) is 4.05.